The van der Waals surface area contributed by atoms with E-state index < -0.39 is 0 Å². The average Bonchev–Trinajstić information content (AvgIpc) is 3.24. The molecule has 0 bridgehead atoms. The fraction of sp³-hybridized carbons (Fsp3) is 0.914. The number of nitrogens with one attached hydrogen (secondary N) is 1. The van der Waals surface area contributed by atoms with Gasteiger partial charge in [0, 0.05) is 19.4 Å². The predicted octanol–water partition coefficient (Wildman–Crippen LogP) is 8.16. The number of ether oxygens (including phenoxy) is 1. The second kappa shape index (κ2) is 14.5. The van der Waals surface area contributed by atoms with E-state index in [4.69, 9.17) is 9.84 Å². The van der Waals surface area contributed by atoms with E-state index in [2.05, 4.69) is 60.1 Å². The number of carbonyl (C=O) groups excluding carboxylic acids is 1. The van der Waals surface area contributed by atoms with Gasteiger partial charge >= 0.3 is 6.09 Å². The molecular weight excluding hydrogens is 576 g/mol. The Bertz CT molecular complexity index is 891. The summed E-state index contributed by atoms with van der Waals surface area (Å²) in [6.45, 7) is 15.1. The van der Waals surface area contributed by atoms with Gasteiger partial charge in [-0.3, -0.25) is 0 Å². The summed E-state index contributed by atoms with van der Waals surface area (Å²) in [5.41, 5.74) is 2.40. The maximum Gasteiger partial charge on any atom is 0.407 e. The Morgan fingerprint density at radius 2 is 1.80 bits per heavy atom. The van der Waals surface area contributed by atoms with Crippen molar-refractivity contribution in [2.24, 2.45) is 46.3 Å². The molecule has 8 atom stereocenters. The zero-order valence-corrected chi connectivity index (χ0v) is 29.3. The predicted molar refractivity (Wildman–Crippen MR) is 175 cm³/mol. The number of alkyl carbamates (subject to hydrolysis) is 1. The molecule has 4 aliphatic rings. The minimum atomic E-state index is -0.266. The third-order valence-electron chi connectivity index (χ3n) is 12.4. The van der Waals surface area contributed by atoms with Crippen molar-refractivity contribution in [1.29, 1.82) is 0 Å². The highest BCUT2D eigenvalue weighted by molar-refractivity contribution is 8.93. The third kappa shape index (κ3) is 7.93. The van der Waals surface area contributed by atoms with Gasteiger partial charge in [0.25, 0.3) is 0 Å². The van der Waals surface area contributed by atoms with Crippen LogP contribution >= 0.6 is 17.0 Å². The fourth-order valence-electron chi connectivity index (χ4n) is 10.0. The topological polar surface area (TPSA) is 58.6 Å². The molecule has 0 aromatic rings. The van der Waals surface area contributed by atoms with Crippen LogP contribution in [-0.2, 0) is 4.74 Å². The number of carbonyl (C=O) groups is 1. The number of rotatable bonds is 12. The number of fused-ring (bicyclic) bond motifs is 5. The van der Waals surface area contributed by atoms with Crippen LogP contribution in [-0.4, -0.2) is 62.1 Å². The van der Waals surface area contributed by atoms with Gasteiger partial charge < -0.3 is 19.6 Å². The molecule has 3 saturated carbocycles. The van der Waals surface area contributed by atoms with Gasteiger partial charge in [-0.1, -0.05) is 65.5 Å². The van der Waals surface area contributed by atoms with Gasteiger partial charge in [-0.15, -0.1) is 17.0 Å². The number of hydrogen-bond donors (Lipinski definition) is 2. The number of halogens is 1. The number of quaternary nitrogens is 1. The van der Waals surface area contributed by atoms with Crippen molar-refractivity contribution in [1.82, 2.24) is 5.32 Å². The molecule has 1 amide bonds. The van der Waals surface area contributed by atoms with Crippen LogP contribution in [0.1, 0.15) is 112 Å². The number of hydrogen-bond acceptors (Lipinski definition) is 3. The van der Waals surface area contributed by atoms with Crippen molar-refractivity contribution in [2.75, 3.05) is 40.3 Å². The average molecular weight is 641 g/mol. The molecule has 4 aliphatic carbocycles. The standard InChI is InChI=1S/C35H62N2O3.BrH/c1-25(2)10-8-11-26(3)30-14-15-31-29-13-12-27-24-28(16-18-34(27,4)32(29)17-19-35(30,31)5)40-33(39)36-20-22-37(6,7)21-9-23-38;/h12,25-26,28-32,38H,8-11,13-24H2,1-7H3;1H/p+1/t26-,28?,29+,30-,31+,32+,34+,35-;/m1./s1. The first-order chi connectivity index (χ1) is 18.9. The molecule has 0 aliphatic heterocycles. The molecule has 0 aromatic carbocycles. The number of likely N-dealkylation sites (N-methyl/N-ethyl adjacent to an activating group) is 1. The van der Waals surface area contributed by atoms with Crippen molar-refractivity contribution >= 4 is 23.1 Å². The lowest BCUT2D eigenvalue weighted by atomic mass is 9.47. The quantitative estimate of drug-likeness (QED) is 0.167. The SMILES string of the molecule is Br.CC(C)CCC[C@@H](C)[C@H]1CC[C@H]2[C@@H]3CC=C4CC(OC(=O)NCC[N+](C)(C)CCCO)CC[C@]4(C)[C@H]3CC[C@]12C. The zero-order chi connectivity index (χ0) is 29.1. The van der Waals surface area contributed by atoms with Gasteiger partial charge in [-0.05, 0) is 91.3 Å². The van der Waals surface area contributed by atoms with E-state index in [0.29, 0.717) is 12.0 Å². The monoisotopic (exact) mass is 639 g/mol. The smallest absolute Gasteiger partial charge is 0.407 e. The van der Waals surface area contributed by atoms with Crippen molar-refractivity contribution in [3.63, 3.8) is 0 Å². The molecule has 4 rings (SSSR count). The molecule has 238 valence electrons. The molecule has 0 aromatic heterocycles. The fourth-order valence-corrected chi connectivity index (χ4v) is 10.0. The van der Waals surface area contributed by atoms with Crippen LogP contribution in [0.5, 0.6) is 0 Å². The molecule has 0 saturated heterocycles. The lowest BCUT2D eigenvalue weighted by Gasteiger charge is -2.58. The molecule has 6 heteroatoms. The summed E-state index contributed by atoms with van der Waals surface area (Å²) < 4.78 is 6.74. The van der Waals surface area contributed by atoms with Gasteiger partial charge in [0.1, 0.15) is 6.10 Å². The summed E-state index contributed by atoms with van der Waals surface area (Å²) in [4.78, 5) is 12.6. The van der Waals surface area contributed by atoms with Crippen LogP contribution in [0.15, 0.2) is 11.6 Å². The van der Waals surface area contributed by atoms with E-state index >= 15 is 0 Å². The van der Waals surface area contributed by atoms with E-state index in [1.54, 1.807) is 5.57 Å². The highest BCUT2D eigenvalue weighted by Crippen LogP contribution is 2.67. The molecule has 1 unspecified atom stereocenters. The van der Waals surface area contributed by atoms with Crippen LogP contribution in [0.25, 0.3) is 0 Å². The second-order valence-corrected chi connectivity index (χ2v) is 15.9. The van der Waals surface area contributed by atoms with E-state index in [1.165, 1.54) is 51.4 Å². The Kier molecular flexibility index (Phi) is 12.3. The van der Waals surface area contributed by atoms with E-state index in [1.807, 2.05) is 0 Å². The van der Waals surface area contributed by atoms with Crippen molar-refractivity contribution in [3.8, 4) is 0 Å². The Hall–Kier alpha value is -0.590. The number of nitrogens with zero attached hydrogens (tertiary/aromatic N) is 1. The van der Waals surface area contributed by atoms with Gasteiger partial charge in [0.05, 0.1) is 33.7 Å². The summed E-state index contributed by atoms with van der Waals surface area (Å²) in [6.07, 6.45) is 17.3. The van der Waals surface area contributed by atoms with Crippen LogP contribution in [0, 0.1) is 46.3 Å². The highest BCUT2D eigenvalue weighted by atomic mass is 79.9. The molecule has 0 radical (unpaired) electrons. The van der Waals surface area contributed by atoms with Gasteiger partial charge in [-0.25, -0.2) is 4.79 Å². The summed E-state index contributed by atoms with van der Waals surface area (Å²) in [7, 11) is 4.28. The summed E-state index contributed by atoms with van der Waals surface area (Å²) in [6, 6.07) is 0. The van der Waals surface area contributed by atoms with Gasteiger partial charge in [0.2, 0.25) is 0 Å². The lowest BCUT2D eigenvalue weighted by molar-refractivity contribution is -0.889. The number of aliphatic hydroxyl groups is 1. The van der Waals surface area contributed by atoms with Crippen LogP contribution < -0.4 is 5.32 Å². The van der Waals surface area contributed by atoms with E-state index in [-0.39, 0.29) is 41.2 Å². The summed E-state index contributed by atoms with van der Waals surface area (Å²) in [5.74, 6) is 5.12. The molecular formula is C35H64BrN2O3+. The molecule has 3 fully saturated rings. The third-order valence-corrected chi connectivity index (χ3v) is 12.4. The van der Waals surface area contributed by atoms with Crippen LogP contribution in [0.2, 0.25) is 0 Å². The van der Waals surface area contributed by atoms with Crippen molar-refractivity contribution in [2.45, 2.75) is 118 Å². The Labute approximate surface area is 263 Å². The number of aliphatic hydroxyl groups excluding tert-OH is 1. The molecule has 41 heavy (non-hydrogen) atoms. The first kappa shape index (κ1) is 34.9. The summed E-state index contributed by atoms with van der Waals surface area (Å²) in [5, 5.41) is 12.1. The number of amides is 1. The second-order valence-electron chi connectivity index (χ2n) is 15.9. The molecule has 5 nitrogen and oxygen atoms in total. The van der Waals surface area contributed by atoms with Gasteiger partial charge in [-0.2, -0.15) is 0 Å². The largest absolute Gasteiger partial charge is 0.446 e. The Morgan fingerprint density at radius 3 is 2.51 bits per heavy atom. The van der Waals surface area contributed by atoms with Crippen LogP contribution in [0.3, 0.4) is 0 Å². The maximum absolute atomic E-state index is 12.6. The first-order valence-corrected chi connectivity index (χ1v) is 17.0. The Balaban J connectivity index is 0.00000462. The lowest BCUT2D eigenvalue weighted by Crippen LogP contribution is -2.51. The number of allylic oxidation sites excluding steroid dienone is 1. The normalized spacial score (nSPS) is 35.4. The van der Waals surface area contributed by atoms with Crippen molar-refractivity contribution in [3.05, 3.63) is 11.6 Å². The van der Waals surface area contributed by atoms with E-state index in [0.717, 1.165) is 78.8 Å². The minimum Gasteiger partial charge on any atom is -0.446 e. The summed E-state index contributed by atoms with van der Waals surface area (Å²) >= 11 is 0. The highest BCUT2D eigenvalue weighted by Gasteiger charge is 2.59. The maximum atomic E-state index is 12.6. The van der Waals surface area contributed by atoms with E-state index in [9.17, 15) is 4.79 Å². The van der Waals surface area contributed by atoms with Crippen molar-refractivity contribution < 1.29 is 19.1 Å². The first-order valence-electron chi connectivity index (χ1n) is 17.0. The van der Waals surface area contributed by atoms with Crippen LogP contribution in [0.4, 0.5) is 4.79 Å². The molecule has 0 heterocycles. The molecule has 0 spiro atoms. The minimum absolute atomic E-state index is 0. The Morgan fingerprint density at radius 1 is 1.05 bits per heavy atom. The zero-order valence-electron chi connectivity index (χ0n) is 27.6. The van der Waals surface area contributed by atoms with Gasteiger partial charge in [0.15, 0.2) is 0 Å². The molecule has 2 N–H and O–H groups in total.